The van der Waals surface area contributed by atoms with Crippen molar-refractivity contribution >= 4 is 0 Å². The van der Waals surface area contributed by atoms with E-state index in [0.29, 0.717) is 11.3 Å². The number of hydrogen-bond acceptors (Lipinski definition) is 3. The van der Waals surface area contributed by atoms with E-state index in [1.165, 1.54) is 4.73 Å². The second-order valence-corrected chi connectivity index (χ2v) is 6.54. The predicted molar refractivity (Wildman–Crippen MR) is 113 cm³/mol. The fourth-order valence-electron chi connectivity index (χ4n) is 3.19. The highest BCUT2D eigenvalue weighted by Gasteiger charge is 2.12. The monoisotopic (exact) mass is 378 g/mol. The SMILES string of the molecule is N#Cc1ccccc1COn1c(-c2ccccc2)cc(-c2ccccc2)cc1=O. The normalized spacial score (nSPS) is 10.3. The fourth-order valence-corrected chi connectivity index (χ4v) is 3.19. The summed E-state index contributed by atoms with van der Waals surface area (Å²) in [5, 5.41) is 9.29. The van der Waals surface area contributed by atoms with Crippen LogP contribution in [0.1, 0.15) is 11.1 Å². The zero-order chi connectivity index (χ0) is 20.1. The molecule has 0 saturated carbocycles. The molecule has 0 atom stereocenters. The molecule has 0 N–H and O–H groups in total. The molecule has 0 aliphatic carbocycles. The molecule has 0 unspecified atom stereocenters. The van der Waals surface area contributed by atoms with Gasteiger partial charge < -0.3 is 4.84 Å². The van der Waals surface area contributed by atoms with Crippen LogP contribution < -0.4 is 10.4 Å². The Balaban J connectivity index is 1.79. The lowest BCUT2D eigenvalue weighted by Gasteiger charge is -2.16. The van der Waals surface area contributed by atoms with E-state index in [-0.39, 0.29) is 12.2 Å². The van der Waals surface area contributed by atoms with E-state index in [0.717, 1.165) is 22.3 Å². The van der Waals surface area contributed by atoms with Crippen LogP contribution in [0.3, 0.4) is 0 Å². The van der Waals surface area contributed by atoms with Crippen molar-refractivity contribution in [3.05, 3.63) is 119 Å². The van der Waals surface area contributed by atoms with Gasteiger partial charge in [-0.3, -0.25) is 4.79 Å². The Morgan fingerprint density at radius 3 is 2.07 bits per heavy atom. The summed E-state index contributed by atoms with van der Waals surface area (Å²) in [6.45, 7) is 0.119. The van der Waals surface area contributed by atoms with Gasteiger partial charge in [0.25, 0.3) is 5.56 Å². The lowest BCUT2D eigenvalue weighted by Crippen LogP contribution is -2.28. The molecule has 4 nitrogen and oxygen atoms in total. The van der Waals surface area contributed by atoms with Crippen molar-refractivity contribution in [1.29, 1.82) is 5.26 Å². The van der Waals surface area contributed by atoms with Crippen LogP contribution in [-0.4, -0.2) is 4.73 Å². The Hall–Kier alpha value is -4.10. The van der Waals surface area contributed by atoms with Gasteiger partial charge in [-0.25, -0.2) is 0 Å². The maximum atomic E-state index is 13.0. The van der Waals surface area contributed by atoms with Gasteiger partial charge in [-0.2, -0.15) is 5.26 Å². The number of rotatable bonds is 5. The molecule has 4 heteroatoms. The van der Waals surface area contributed by atoms with Crippen LogP contribution in [0.2, 0.25) is 0 Å². The van der Waals surface area contributed by atoms with Crippen LogP contribution in [0.5, 0.6) is 0 Å². The minimum Gasteiger partial charge on any atom is -0.405 e. The first kappa shape index (κ1) is 18.3. The number of hydrogen-bond donors (Lipinski definition) is 0. The quantitative estimate of drug-likeness (QED) is 0.507. The molecule has 140 valence electrons. The maximum Gasteiger partial charge on any atom is 0.284 e. The summed E-state index contributed by atoms with van der Waals surface area (Å²) >= 11 is 0. The topological polar surface area (TPSA) is 55.0 Å². The van der Waals surface area contributed by atoms with Crippen molar-refractivity contribution in [2.24, 2.45) is 0 Å². The van der Waals surface area contributed by atoms with E-state index in [1.807, 2.05) is 78.9 Å². The third kappa shape index (κ3) is 3.95. The summed E-state index contributed by atoms with van der Waals surface area (Å²) < 4.78 is 1.30. The van der Waals surface area contributed by atoms with Crippen LogP contribution in [0.4, 0.5) is 0 Å². The van der Waals surface area contributed by atoms with Gasteiger partial charge in [0, 0.05) is 17.2 Å². The molecular formula is C25H18N2O2. The molecule has 0 radical (unpaired) electrons. The minimum absolute atomic E-state index is 0.119. The standard InChI is InChI=1S/C25H18N2O2/c26-17-21-13-7-8-14-22(21)18-29-27-24(20-11-5-2-6-12-20)15-23(16-25(27)28)19-9-3-1-4-10-19/h1-16H,18H2. The van der Waals surface area contributed by atoms with Crippen LogP contribution >= 0.6 is 0 Å². The molecule has 0 spiro atoms. The second kappa shape index (κ2) is 8.28. The van der Waals surface area contributed by atoms with Crippen molar-refractivity contribution in [1.82, 2.24) is 4.73 Å². The molecule has 0 bridgehead atoms. The maximum absolute atomic E-state index is 13.0. The van der Waals surface area contributed by atoms with Gasteiger partial charge in [0.2, 0.25) is 0 Å². The first-order chi connectivity index (χ1) is 14.3. The van der Waals surface area contributed by atoms with Crippen molar-refractivity contribution in [2.75, 3.05) is 0 Å². The van der Waals surface area contributed by atoms with Gasteiger partial charge in [-0.05, 0) is 23.3 Å². The molecule has 3 aromatic carbocycles. The third-order valence-corrected chi connectivity index (χ3v) is 4.65. The lowest BCUT2D eigenvalue weighted by molar-refractivity contribution is 0.0928. The van der Waals surface area contributed by atoms with Crippen molar-refractivity contribution in [3.63, 3.8) is 0 Å². The van der Waals surface area contributed by atoms with Crippen molar-refractivity contribution < 1.29 is 4.84 Å². The fraction of sp³-hybridized carbons (Fsp3) is 0.0400. The predicted octanol–water partition coefficient (Wildman–Crippen LogP) is 4.68. The summed E-state index contributed by atoms with van der Waals surface area (Å²) in [5.41, 5.74) is 4.31. The van der Waals surface area contributed by atoms with Crippen LogP contribution in [-0.2, 0) is 6.61 Å². The average Bonchev–Trinajstić information content (AvgIpc) is 2.79. The molecule has 1 heterocycles. The van der Waals surface area contributed by atoms with Gasteiger partial charge in [0.1, 0.15) is 6.61 Å². The molecule has 29 heavy (non-hydrogen) atoms. The molecule has 0 fully saturated rings. The highest BCUT2D eigenvalue weighted by atomic mass is 16.7. The van der Waals surface area contributed by atoms with E-state index >= 15 is 0 Å². The molecular weight excluding hydrogens is 360 g/mol. The van der Waals surface area contributed by atoms with E-state index < -0.39 is 0 Å². The summed E-state index contributed by atoms with van der Waals surface area (Å²) in [6, 6.07) is 32.3. The summed E-state index contributed by atoms with van der Waals surface area (Å²) in [4.78, 5) is 18.9. The van der Waals surface area contributed by atoms with E-state index in [9.17, 15) is 10.1 Å². The van der Waals surface area contributed by atoms with E-state index in [4.69, 9.17) is 4.84 Å². The molecule has 0 aliphatic heterocycles. The molecule has 1 aromatic heterocycles. The first-order valence-corrected chi connectivity index (χ1v) is 9.25. The Labute approximate surface area is 168 Å². The molecule has 0 saturated heterocycles. The summed E-state index contributed by atoms with van der Waals surface area (Å²) in [5.74, 6) is 0. The number of nitriles is 1. The largest absolute Gasteiger partial charge is 0.405 e. The third-order valence-electron chi connectivity index (χ3n) is 4.65. The highest BCUT2D eigenvalue weighted by Crippen LogP contribution is 2.24. The number of pyridine rings is 1. The molecule has 0 aliphatic rings. The smallest absolute Gasteiger partial charge is 0.284 e. The first-order valence-electron chi connectivity index (χ1n) is 9.25. The van der Waals surface area contributed by atoms with Gasteiger partial charge in [-0.15, -0.1) is 4.73 Å². The Morgan fingerprint density at radius 1 is 0.759 bits per heavy atom. The van der Waals surface area contributed by atoms with Crippen molar-refractivity contribution in [3.8, 4) is 28.5 Å². The van der Waals surface area contributed by atoms with E-state index in [1.54, 1.807) is 18.2 Å². The summed E-state index contributed by atoms with van der Waals surface area (Å²) in [6.07, 6.45) is 0. The minimum atomic E-state index is -0.264. The number of nitrogens with zero attached hydrogens (tertiary/aromatic N) is 2. The van der Waals surface area contributed by atoms with Crippen LogP contribution in [0.25, 0.3) is 22.4 Å². The second-order valence-electron chi connectivity index (χ2n) is 6.54. The van der Waals surface area contributed by atoms with Gasteiger partial charge in [0.15, 0.2) is 0 Å². The van der Waals surface area contributed by atoms with Gasteiger partial charge in [-0.1, -0.05) is 78.9 Å². The zero-order valence-electron chi connectivity index (χ0n) is 15.7. The highest BCUT2D eigenvalue weighted by molar-refractivity contribution is 5.70. The molecule has 0 amide bonds. The number of benzene rings is 3. The van der Waals surface area contributed by atoms with Crippen molar-refractivity contribution in [2.45, 2.75) is 6.61 Å². The average molecular weight is 378 g/mol. The Morgan fingerprint density at radius 2 is 1.38 bits per heavy atom. The number of aromatic nitrogens is 1. The zero-order valence-corrected chi connectivity index (χ0v) is 15.7. The van der Waals surface area contributed by atoms with Gasteiger partial charge in [0.05, 0.1) is 17.3 Å². The Bertz CT molecular complexity index is 1220. The molecule has 4 aromatic rings. The van der Waals surface area contributed by atoms with Gasteiger partial charge >= 0.3 is 0 Å². The van der Waals surface area contributed by atoms with Crippen LogP contribution in [0, 0.1) is 11.3 Å². The van der Waals surface area contributed by atoms with Crippen LogP contribution in [0.15, 0.2) is 102 Å². The molecule has 4 rings (SSSR count). The van der Waals surface area contributed by atoms with E-state index in [2.05, 4.69) is 6.07 Å². The Kier molecular flexibility index (Phi) is 5.22. The summed E-state index contributed by atoms with van der Waals surface area (Å²) in [7, 11) is 0. The lowest BCUT2D eigenvalue weighted by atomic mass is 10.0.